The van der Waals surface area contributed by atoms with Gasteiger partial charge in [0.15, 0.2) is 0 Å². The van der Waals surface area contributed by atoms with Gasteiger partial charge in [-0.3, -0.25) is 19.6 Å². The normalized spacial score (nSPS) is 17.1. The van der Waals surface area contributed by atoms with Crippen LogP contribution in [-0.4, -0.2) is 35.6 Å². The van der Waals surface area contributed by atoms with Crippen molar-refractivity contribution in [2.45, 2.75) is 19.3 Å². The summed E-state index contributed by atoms with van der Waals surface area (Å²) in [7, 11) is 1.72. The summed E-state index contributed by atoms with van der Waals surface area (Å²) >= 11 is 0. The first-order valence-electron chi connectivity index (χ1n) is 5.87. The van der Waals surface area contributed by atoms with E-state index in [-0.39, 0.29) is 5.91 Å². The van der Waals surface area contributed by atoms with E-state index in [1.807, 2.05) is 23.2 Å². The number of carboxylic acid groups (broad SMARTS) is 1. The van der Waals surface area contributed by atoms with E-state index >= 15 is 0 Å². The predicted octanol–water partition coefficient (Wildman–Crippen LogP) is 1.46. The van der Waals surface area contributed by atoms with E-state index in [2.05, 4.69) is 0 Å². The van der Waals surface area contributed by atoms with Crippen LogP contribution >= 0.6 is 0 Å². The number of benzene rings is 1. The highest BCUT2D eigenvalue weighted by atomic mass is 16.4. The third-order valence-corrected chi connectivity index (χ3v) is 3.30. The maximum atomic E-state index is 11.5. The SMILES string of the molecule is CC(C(=O)O)c1cccc(N2CCC(=O)N2C)c1. The number of anilines is 1. The van der Waals surface area contributed by atoms with Crippen LogP contribution in [0.15, 0.2) is 24.3 Å². The Balaban J connectivity index is 2.28. The van der Waals surface area contributed by atoms with E-state index in [1.165, 1.54) is 0 Å². The van der Waals surface area contributed by atoms with Gasteiger partial charge in [-0.2, -0.15) is 0 Å². The Morgan fingerprint density at radius 3 is 2.72 bits per heavy atom. The van der Waals surface area contributed by atoms with Gasteiger partial charge in [0, 0.05) is 20.0 Å². The number of nitrogens with zero attached hydrogens (tertiary/aromatic N) is 2. The number of rotatable bonds is 3. The van der Waals surface area contributed by atoms with E-state index in [0.717, 1.165) is 11.3 Å². The average Bonchev–Trinajstić information content (AvgIpc) is 2.69. The molecule has 0 aliphatic carbocycles. The molecular formula is C13H16N2O3. The van der Waals surface area contributed by atoms with Crippen molar-refractivity contribution < 1.29 is 14.7 Å². The molecule has 96 valence electrons. The second-order valence-corrected chi connectivity index (χ2v) is 4.45. The molecule has 2 rings (SSSR count). The van der Waals surface area contributed by atoms with E-state index in [1.54, 1.807) is 25.0 Å². The monoisotopic (exact) mass is 248 g/mol. The molecule has 0 spiro atoms. The van der Waals surface area contributed by atoms with Crippen LogP contribution in [0, 0.1) is 0 Å². The first-order valence-corrected chi connectivity index (χ1v) is 5.87. The third kappa shape index (κ3) is 2.16. The Labute approximate surface area is 106 Å². The summed E-state index contributed by atoms with van der Waals surface area (Å²) < 4.78 is 0. The predicted molar refractivity (Wildman–Crippen MR) is 67.2 cm³/mol. The lowest BCUT2D eigenvalue weighted by molar-refractivity contribution is -0.138. The number of hydrazine groups is 1. The van der Waals surface area contributed by atoms with E-state index in [9.17, 15) is 9.59 Å². The molecule has 5 heteroatoms. The van der Waals surface area contributed by atoms with Crippen LogP contribution in [0.3, 0.4) is 0 Å². The summed E-state index contributed by atoms with van der Waals surface area (Å²) in [5, 5.41) is 12.4. The van der Waals surface area contributed by atoms with Crippen molar-refractivity contribution in [2.75, 3.05) is 18.6 Å². The quantitative estimate of drug-likeness (QED) is 0.879. The molecule has 0 aromatic heterocycles. The minimum Gasteiger partial charge on any atom is -0.481 e. The Morgan fingerprint density at radius 2 is 2.17 bits per heavy atom. The molecule has 1 heterocycles. The van der Waals surface area contributed by atoms with Gasteiger partial charge in [0.2, 0.25) is 5.91 Å². The Morgan fingerprint density at radius 1 is 1.44 bits per heavy atom. The molecule has 1 saturated heterocycles. The van der Waals surface area contributed by atoms with Crippen LogP contribution in [0.2, 0.25) is 0 Å². The molecule has 1 aliphatic rings. The minimum atomic E-state index is -0.849. The Bertz CT molecular complexity index is 487. The maximum Gasteiger partial charge on any atom is 0.310 e. The molecule has 0 saturated carbocycles. The van der Waals surface area contributed by atoms with E-state index in [0.29, 0.717) is 13.0 Å². The van der Waals surface area contributed by atoms with Crippen molar-refractivity contribution in [2.24, 2.45) is 0 Å². The first-order chi connectivity index (χ1) is 8.50. The van der Waals surface area contributed by atoms with Gasteiger partial charge in [-0.05, 0) is 24.6 Å². The van der Waals surface area contributed by atoms with Crippen molar-refractivity contribution in [3.05, 3.63) is 29.8 Å². The smallest absolute Gasteiger partial charge is 0.310 e. The fourth-order valence-electron chi connectivity index (χ4n) is 2.05. The van der Waals surface area contributed by atoms with Crippen molar-refractivity contribution in [3.63, 3.8) is 0 Å². The molecule has 1 fully saturated rings. The van der Waals surface area contributed by atoms with Crippen LogP contribution in [0.5, 0.6) is 0 Å². The van der Waals surface area contributed by atoms with Crippen LogP contribution in [-0.2, 0) is 9.59 Å². The summed E-state index contributed by atoms with van der Waals surface area (Å²) in [5.41, 5.74) is 1.60. The largest absolute Gasteiger partial charge is 0.481 e. The molecule has 1 aliphatic heterocycles. The van der Waals surface area contributed by atoms with Crippen molar-refractivity contribution >= 4 is 17.6 Å². The van der Waals surface area contributed by atoms with Gasteiger partial charge in [0.25, 0.3) is 0 Å². The van der Waals surface area contributed by atoms with Gasteiger partial charge in [-0.15, -0.1) is 0 Å². The zero-order valence-corrected chi connectivity index (χ0v) is 10.5. The summed E-state index contributed by atoms with van der Waals surface area (Å²) in [6.45, 7) is 2.29. The standard InChI is InChI=1S/C13H16N2O3/c1-9(13(17)18)10-4-3-5-11(8-10)15-7-6-12(16)14(15)2/h3-5,8-9H,6-7H2,1-2H3,(H,17,18). The number of amides is 1. The van der Waals surface area contributed by atoms with Crippen LogP contribution < -0.4 is 5.01 Å². The molecule has 1 atom stereocenters. The van der Waals surface area contributed by atoms with E-state index < -0.39 is 11.9 Å². The second kappa shape index (κ2) is 4.68. The topological polar surface area (TPSA) is 60.9 Å². The lowest BCUT2D eigenvalue weighted by Gasteiger charge is -2.26. The molecule has 1 aromatic rings. The first kappa shape index (κ1) is 12.4. The number of aliphatic carboxylic acids is 1. The Kier molecular flexibility index (Phi) is 3.23. The molecule has 5 nitrogen and oxygen atoms in total. The number of hydrogen-bond acceptors (Lipinski definition) is 3. The molecule has 1 unspecified atom stereocenters. The minimum absolute atomic E-state index is 0.0756. The van der Waals surface area contributed by atoms with Gasteiger partial charge in [-0.1, -0.05) is 12.1 Å². The number of hydrogen-bond donors (Lipinski definition) is 1. The van der Waals surface area contributed by atoms with Gasteiger partial charge >= 0.3 is 5.97 Å². The molecule has 1 amide bonds. The maximum absolute atomic E-state index is 11.5. The second-order valence-electron chi connectivity index (χ2n) is 4.45. The Hall–Kier alpha value is -2.04. The fraction of sp³-hybridized carbons (Fsp3) is 0.385. The zero-order chi connectivity index (χ0) is 13.3. The molecule has 0 radical (unpaired) electrons. The van der Waals surface area contributed by atoms with Crippen molar-refractivity contribution in [1.29, 1.82) is 0 Å². The van der Waals surface area contributed by atoms with Crippen LogP contribution in [0.25, 0.3) is 0 Å². The van der Waals surface area contributed by atoms with Crippen molar-refractivity contribution in [1.82, 2.24) is 5.01 Å². The number of carboxylic acids is 1. The fourth-order valence-corrected chi connectivity index (χ4v) is 2.05. The molecule has 0 bridgehead atoms. The third-order valence-electron chi connectivity index (χ3n) is 3.30. The summed E-state index contributed by atoms with van der Waals surface area (Å²) in [4.78, 5) is 22.4. The lowest BCUT2D eigenvalue weighted by Crippen LogP contribution is -2.35. The van der Waals surface area contributed by atoms with Gasteiger partial charge in [0.1, 0.15) is 0 Å². The summed E-state index contributed by atoms with van der Waals surface area (Å²) in [6.07, 6.45) is 0.495. The molecular weight excluding hydrogens is 232 g/mol. The number of carbonyl (C=O) groups is 2. The van der Waals surface area contributed by atoms with Gasteiger partial charge in [0.05, 0.1) is 11.6 Å². The van der Waals surface area contributed by atoms with E-state index in [4.69, 9.17) is 5.11 Å². The average molecular weight is 248 g/mol. The van der Waals surface area contributed by atoms with Crippen molar-refractivity contribution in [3.8, 4) is 0 Å². The van der Waals surface area contributed by atoms with Crippen LogP contribution in [0.4, 0.5) is 5.69 Å². The highest BCUT2D eigenvalue weighted by Crippen LogP contribution is 2.25. The molecule has 18 heavy (non-hydrogen) atoms. The zero-order valence-electron chi connectivity index (χ0n) is 10.5. The summed E-state index contributed by atoms with van der Waals surface area (Å²) in [5.74, 6) is -1.32. The van der Waals surface area contributed by atoms with Crippen LogP contribution in [0.1, 0.15) is 24.8 Å². The summed E-state index contributed by atoms with van der Waals surface area (Å²) in [6, 6.07) is 7.32. The molecule has 1 N–H and O–H groups in total. The highest BCUT2D eigenvalue weighted by molar-refractivity contribution is 5.82. The highest BCUT2D eigenvalue weighted by Gasteiger charge is 2.26. The molecule has 1 aromatic carbocycles. The van der Waals surface area contributed by atoms with Gasteiger partial charge < -0.3 is 5.11 Å². The van der Waals surface area contributed by atoms with Gasteiger partial charge in [-0.25, -0.2) is 0 Å². The number of carbonyl (C=O) groups excluding carboxylic acids is 1. The lowest BCUT2D eigenvalue weighted by atomic mass is 10.0.